The highest BCUT2D eigenvalue weighted by atomic mass is 32.2. The molecule has 2 aromatic heterocycles. The minimum absolute atomic E-state index is 0.185. The van der Waals surface area contributed by atoms with E-state index in [1.807, 2.05) is 6.92 Å². The zero-order valence-corrected chi connectivity index (χ0v) is 12.4. The molecule has 1 fully saturated rings. The Balaban J connectivity index is 2.29. The Morgan fingerprint density at radius 2 is 2.10 bits per heavy atom. The SMILES string of the molecule is Cn1ccc2nc(S(C)=O)nc(OC3(C)CC3)c2c1=O. The lowest BCUT2D eigenvalue weighted by molar-refractivity contribution is 0.192. The number of ether oxygens (including phenoxy) is 1. The molecule has 0 amide bonds. The average molecular weight is 293 g/mol. The van der Waals surface area contributed by atoms with E-state index in [4.69, 9.17) is 4.74 Å². The van der Waals surface area contributed by atoms with E-state index in [1.54, 1.807) is 19.3 Å². The predicted octanol–water partition coefficient (Wildman–Crippen LogP) is 0.997. The summed E-state index contributed by atoms with van der Waals surface area (Å²) in [5, 5.41) is 0.530. The van der Waals surface area contributed by atoms with Gasteiger partial charge >= 0.3 is 0 Å². The quantitative estimate of drug-likeness (QED) is 0.789. The van der Waals surface area contributed by atoms with Gasteiger partial charge in [0.2, 0.25) is 11.0 Å². The molecule has 1 aliphatic rings. The van der Waals surface area contributed by atoms with Crippen LogP contribution in [0, 0.1) is 0 Å². The number of fused-ring (bicyclic) bond motifs is 1. The molecule has 0 saturated heterocycles. The molecule has 6 nitrogen and oxygen atoms in total. The van der Waals surface area contributed by atoms with Gasteiger partial charge in [0.05, 0.1) is 16.3 Å². The molecule has 1 aliphatic carbocycles. The van der Waals surface area contributed by atoms with Gasteiger partial charge in [0.25, 0.3) is 5.56 Å². The van der Waals surface area contributed by atoms with Crippen molar-refractivity contribution in [2.45, 2.75) is 30.5 Å². The van der Waals surface area contributed by atoms with Gasteiger partial charge in [-0.3, -0.25) is 9.00 Å². The van der Waals surface area contributed by atoms with E-state index in [2.05, 4.69) is 9.97 Å². The largest absolute Gasteiger partial charge is 0.471 e. The molecule has 0 N–H and O–H groups in total. The first-order valence-electron chi connectivity index (χ1n) is 6.29. The predicted molar refractivity (Wildman–Crippen MR) is 75.4 cm³/mol. The maximum atomic E-state index is 12.3. The number of pyridine rings is 1. The highest BCUT2D eigenvalue weighted by Crippen LogP contribution is 2.40. The van der Waals surface area contributed by atoms with Crippen molar-refractivity contribution < 1.29 is 8.95 Å². The van der Waals surface area contributed by atoms with Crippen LogP contribution in [0.2, 0.25) is 0 Å². The Bertz CT molecular complexity index is 780. The van der Waals surface area contributed by atoms with Crippen LogP contribution in [-0.4, -0.2) is 30.6 Å². The summed E-state index contributed by atoms with van der Waals surface area (Å²) in [5.74, 6) is 0.237. The Labute approximate surface area is 118 Å². The molecule has 2 heterocycles. The van der Waals surface area contributed by atoms with Crippen molar-refractivity contribution in [1.82, 2.24) is 14.5 Å². The second-order valence-electron chi connectivity index (χ2n) is 5.31. The minimum Gasteiger partial charge on any atom is -0.471 e. The summed E-state index contributed by atoms with van der Waals surface area (Å²) < 4.78 is 18.9. The molecule has 1 atom stereocenters. The first-order chi connectivity index (χ1) is 9.39. The maximum Gasteiger partial charge on any atom is 0.265 e. The standard InChI is InChI=1S/C13H15N3O3S/c1-13(5-6-13)19-10-9-8(4-7-16(2)11(9)17)14-12(15-10)20(3)18/h4,7H,5-6H2,1-3H3. The van der Waals surface area contributed by atoms with E-state index >= 15 is 0 Å². The molecule has 2 aromatic rings. The first kappa shape index (κ1) is 13.2. The molecule has 7 heteroatoms. The highest BCUT2D eigenvalue weighted by Gasteiger charge is 2.41. The number of rotatable bonds is 3. The molecule has 1 unspecified atom stereocenters. The summed E-state index contributed by atoms with van der Waals surface area (Å²) in [6.45, 7) is 1.97. The van der Waals surface area contributed by atoms with Crippen LogP contribution in [0.3, 0.4) is 0 Å². The van der Waals surface area contributed by atoms with E-state index in [-0.39, 0.29) is 22.2 Å². The lowest BCUT2D eigenvalue weighted by Crippen LogP contribution is -2.21. The molecule has 1 saturated carbocycles. The number of nitrogens with zero attached hydrogens (tertiary/aromatic N) is 3. The summed E-state index contributed by atoms with van der Waals surface area (Å²) in [4.78, 5) is 20.6. The fraction of sp³-hybridized carbons (Fsp3) is 0.462. The van der Waals surface area contributed by atoms with Gasteiger partial charge < -0.3 is 9.30 Å². The summed E-state index contributed by atoms with van der Waals surface area (Å²) in [5.41, 5.74) is -0.0167. The Morgan fingerprint density at radius 1 is 1.40 bits per heavy atom. The molecule has 3 rings (SSSR count). The fourth-order valence-corrected chi connectivity index (χ4v) is 2.34. The average Bonchev–Trinajstić information content (AvgIpc) is 3.11. The third-order valence-electron chi connectivity index (χ3n) is 3.43. The molecule has 0 aliphatic heterocycles. The second-order valence-corrected chi connectivity index (χ2v) is 6.58. The molecule has 20 heavy (non-hydrogen) atoms. The number of aryl methyl sites for hydroxylation is 1. The second kappa shape index (κ2) is 4.37. The normalized spacial score (nSPS) is 17.9. The lowest BCUT2D eigenvalue weighted by Gasteiger charge is -2.14. The van der Waals surface area contributed by atoms with Crippen LogP contribution in [0.15, 0.2) is 22.2 Å². The zero-order valence-electron chi connectivity index (χ0n) is 11.5. The van der Waals surface area contributed by atoms with Crippen molar-refractivity contribution >= 4 is 21.7 Å². The van der Waals surface area contributed by atoms with Crippen LogP contribution in [0.25, 0.3) is 10.9 Å². The molecular formula is C13H15N3O3S. The molecule has 0 aromatic carbocycles. The van der Waals surface area contributed by atoms with Gasteiger partial charge in [-0.1, -0.05) is 0 Å². The Hall–Kier alpha value is -1.76. The van der Waals surface area contributed by atoms with Crippen LogP contribution in [0.5, 0.6) is 5.88 Å². The fourth-order valence-electron chi connectivity index (χ4n) is 1.90. The smallest absolute Gasteiger partial charge is 0.265 e. The van der Waals surface area contributed by atoms with Gasteiger partial charge in [-0.2, -0.15) is 4.98 Å². The van der Waals surface area contributed by atoms with Crippen molar-refractivity contribution in [3.63, 3.8) is 0 Å². The third-order valence-corrected chi connectivity index (χ3v) is 4.12. The van der Waals surface area contributed by atoms with Gasteiger partial charge in [0.15, 0.2) is 0 Å². The van der Waals surface area contributed by atoms with Crippen molar-refractivity contribution in [3.05, 3.63) is 22.6 Å². The van der Waals surface area contributed by atoms with E-state index in [1.165, 1.54) is 10.8 Å². The summed E-state index contributed by atoms with van der Waals surface area (Å²) in [6.07, 6.45) is 4.99. The van der Waals surface area contributed by atoms with Crippen LogP contribution in [-0.2, 0) is 17.8 Å². The van der Waals surface area contributed by atoms with Crippen LogP contribution in [0.4, 0.5) is 0 Å². The Morgan fingerprint density at radius 3 is 2.70 bits per heavy atom. The van der Waals surface area contributed by atoms with Crippen molar-refractivity contribution in [3.8, 4) is 5.88 Å². The number of hydrogen-bond donors (Lipinski definition) is 0. The van der Waals surface area contributed by atoms with E-state index in [0.29, 0.717) is 10.9 Å². The molecule has 0 bridgehead atoms. The van der Waals surface area contributed by atoms with Crippen molar-refractivity contribution in [2.24, 2.45) is 7.05 Å². The zero-order chi connectivity index (χ0) is 14.5. The Kier molecular flexibility index (Phi) is 2.89. The van der Waals surface area contributed by atoms with Crippen molar-refractivity contribution in [2.75, 3.05) is 6.26 Å². The van der Waals surface area contributed by atoms with E-state index in [0.717, 1.165) is 12.8 Å². The van der Waals surface area contributed by atoms with Gasteiger partial charge in [-0.25, -0.2) is 4.98 Å². The van der Waals surface area contributed by atoms with Crippen LogP contribution in [0.1, 0.15) is 19.8 Å². The van der Waals surface area contributed by atoms with Gasteiger partial charge in [0, 0.05) is 19.5 Å². The van der Waals surface area contributed by atoms with Crippen LogP contribution < -0.4 is 10.3 Å². The van der Waals surface area contributed by atoms with Gasteiger partial charge in [-0.05, 0) is 25.8 Å². The lowest BCUT2D eigenvalue weighted by atomic mass is 10.3. The summed E-state index contributed by atoms with van der Waals surface area (Å²) >= 11 is 0. The number of aromatic nitrogens is 3. The van der Waals surface area contributed by atoms with Crippen LogP contribution >= 0.6 is 0 Å². The van der Waals surface area contributed by atoms with Gasteiger partial charge in [0.1, 0.15) is 11.0 Å². The summed E-state index contributed by atoms with van der Waals surface area (Å²) in [7, 11) is 0.337. The number of hydrogen-bond acceptors (Lipinski definition) is 5. The third kappa shape index (κ3) is 2.22. The minimum atomic E-state index is -1.33. The topological polar surface area (TPSA) is 74.1 Å². The summed E-state index contributed by atoms with van der Waals surface area (Å²) in [6, 6.07) is 1.71. The van der Waals surface area contributed by atoms with E-state index in [9.17, 15) is 9.00 Å². The molecule has 0 radical (unpaired) electrons. The highest BCUT2D eigenvalue weighted by molar-refractivity contribution is 7.84. The molecule has 106 valence electrons. The monoisotopic (exact) mass is 293 g/mol. The first-order valence-corrected chi connectivity index (χ1v) is 7.85. The van der Waals surface area contributed by atoms with E-state index < -0.39 is 10.8 Å². The van der Waals surface area contributed by atoms with Crippen molar-refractivity contribution in [1.29, 1.82) is 0 Å². The maximum absolute atomic E-state index is 12.3. The molecular weight excluding hydrogens is 278 g/mol. The van der Waals surface area contributed by atoms with Gasteiger partial charge in [-0.15, -0.1) is 0 Å². The molecule has 0 spiro atoms.